The molecule has 1 aromatic carbocycles. The van der Waals surface area contributed by atoms with E-state index in [4.69, 9.17) is 20.9 Å². The van der Waals surface area contributed by atoms with Gasteiger partial charge in [-0.05, 0) is 18.6 Å². The Bertz CT molecular complexity index is 414. The minimum Gasteiger partial charge on any atom is -0.454 e. The zero-order valence-corrected chi connectivity index (χ0v) is 9.63. The second-order valence-corrected chi connectivity index (χ2v) is 4.70. The number of anilines is 1. The number of hydrogen-bond donors (Lipinski definition) is 2. The summed E-state index contributed by atoms with van der Waals surface area (Å²) in [6, 6.07) is 6.24. The molecule has 0 radical (unpaired) electrons. The lowest BCUT2D eigenvalue weighted by Gasteiger charge is -2.36. The number of piperidine rings is 1. The average Bonchev–Trinajstić information content (AvgIpc) is 2.74. The second-order valence-electron chi connectivity index (χ2n) is 4.70. The van der Waals surface area contributed by atoms with Crippen LogP contribution in [0.1, 0.15) is 6.42 Å². The van der Waals surface area contributed by atoms with E-state index in [0.29, 0.717) is 6.79 Å². The largest absolute Gasteiger partial charge is 0.454 e. The van der Waals surface area contributed by atoms with E-state index < -0.39 is 0 Å². The fraction of sp³-hybridized carbons (Fsp3) is 0.500. The highest BCUT2D eigenvalue weighted by atomic mass is 16.7. The molecule has 0 amide bonds. The van der Waals surface area contributed by atoms with Gasteiger partial charge in [0, 0.05) is 36.9 Å². The highest BCUT2D eigenvalue weighted by Crippen LogP contribution is 2.35. The summed E-state index contributed by atoms with van der Waals surface area (Å²) in [4.78, 5) is 2.21. The van der Waals surface area contributed by atoms with Crippen molar-refractivity contribution in [3.05, 3.63) is 18.2 Å². The van der Waals surface area contributed by atoms with Crippen LogP contribution in [0.5, 0.6) is 11.5 Å². The lowest BCUT2D eigenvalue weighted by molar-refractivity contribution is 0.174. The average molecular weight is 235 g/mol. The Labute approximate surface area is 100 Å². The molecule has 2 unspecified atom stereocenters. The van der Waals surface area contributed by atoms with Crippen LogP contribution in [-0.2, 0) is 0 Å². The molecule has 1 saturated heterocycles. The molecule has 17 heavy (non-hydrogen) atoms. The van der Waals surface area contributed by atoms with Gasteiger partial charge in [0.15, 0.2) is 11.5 Å². The van der Waals surface area contributed by atoms with Crippen LogP contribution in [0.3, 0.4) is 0 Å². The first-order chi connectivity index (χ1) is 8.22. The Kier molecular flexibility index (Phi) is 2.57. The molecular formula is C12H17N3O2. The van der Waals surface area contributed by atoms with Crippen LogP contribution in [0.15, 0.2) is 18.2 Å². The van der Waals surface area contributed by atoms with E-state index in [0.717, 1.165) is 36.7 Å². The van der Waals surface area contributed by atoms with E-state index in [-0.39, 0.29) is 12.1 Å². The van der Waals surface area contributed by atoms with Crippen molar-refractivity contribution in [2.75, 3.05) is 24.8 Å². The van der Waals surface area contributed by atoms with Crippen LogP contribution >= 0.6 is 0 Å². The van der Waals surface area contributed by atoms with Gasteiger partial charge in [0.05, 0.1) is 0 Å². The van der Waals surface area contributed by atoms with Gasteiger partial charge in [0.2, 0.25) is 6.79 Å². The monoisotopic (exact) mass is 235 g/mol. The van der Waals surface area contributed by atoms with Crippen molar-refractivity contribution < 1.29 is 9.47 Å². The van der Waals surface area contributed by atoms with E-state index in [2.05, 4.69) is 4.90 Å². The number of nitrogens with two attached hydrogens (primary N) is 2. The van der Waals surface area contributed by atoms with Gasteiger partial charge in [-0.25, -0.2) is 0 Å². The third kappa shape index (κ3) is 2.03. The third-order valence-corrected chi connectivity index (χ3v) is 3.24. The summed E-state index contributed by atoms with van der Waals surface area (Å²) in [5, 5.41) is 0. The molecule has 2 aliphatic rings. The summed E-state index contributed by atoms with van der Waals surface area (Å²) >= 11 is 0. The molecule has 5 nitrogen and oxygen atoms in total. The Morgan fingerprint density at radius 2 is 1.76 bits per heavy atom. The molecule has 0 aromatic heterocycles. The van der Waals surface area contributed by atoms with Gasteiger partial charge >= 0.3 is 0 Å². The lowest BCUT2D eigenvalue weighted by Crippen LogP contribution is -2.52. The van der Waals surface area contributed by atoms with E-state index in [1.54, 1.807) is 0 Å². The summed E-state index contributed by atoms with van der Waals surface area (Å²) in [7, 11) is 0. The number of rotatable bonds is 1. The van der Waals surface area contributed by atoms with Gasteiger partial charge in [-0.1, -0.05) is 0 Å². The van der Waals surface area contributed by atoms with E-state index in [1.807, 2.05) is 18.2 Å². The first-order valence-corrected chi connectivity index (χ1v) is 5.88. The Hall–Kier alpha value is -1.46. The van der Waals surface area contributed by atoms with Crippen LogP contribution in [0.4, 0.5) is 5.69 Å². The SMILES string of the molecule is NC1CC(N)CN(c2ccc3c(c2)OCO3)C1. The van der Waals surface area contributed by atoms with Gasteiger partial charge in [-0.2, -0.15) is 0 Å². The normalized spacial score (nSPS) is 27.3. The maximum atomic E-state index is 5.99. The minimum atomic E-state index is 0.143. The van der Waals surface area contributed by atoms with Gasteiger partial charge in [-0.15, -0.1) is 0 Å². The number of benzene rings is 1. The van der Waals surface area contributed by atoms with Crippen LogP contribution in [-0.4, -0.2) is 32.0 Å². The van der Waals surface area contributed by atoms with Gasteiger partial charge in [-0.3, -0.25) is 0 Å². The quantitative estimate of drug-likeness (QED) is 0.731. The second kappa shape index (κ2) is 4.09. The minimum absolute atomic E-state index is 0.143. The molecule has 1 fully saturated rings. The Morgan fingerprint density at radius 3 is 2.53 bits per heavy atom. The van der Waals surface area contributed by atoms with Crippen molar-refractivity contribution in [1.29, 1.82) is 0 Å². The van der Waals surface area contributed by atoms with Gasteiger partial charge in [0.25, 0.3) is 0 Å². The van der Waals surface area contributed by atoms with Crippen LogP contribution < -0.4 is 25.8 Å². The molecular weight excluding hydrogens is 218 g/mol. The number of nitrogens with zero attached hydrogens (tertiary/aromatic N) is 1. The Balaban J connectivity index is 1.83. The predicted octanol–water partition coefficient (Wildman–Crippen LogP) is 0.280. The molecule has 0 saturated carbocycles. The fourth-order valence-electron chi connectivity index (χ4n) is 2.47. The molecule has 0 bridgehead atoms. The van der Waals surface area contributed by atoms with E-state index in [9.17, 15) is 0 Å². The first-order valence-electron chi connectivity index (χ1n) is 5.88. The molecule has 2 heterocycles. The van der Waals surface area contributed by atoms with Gasteiger partial charge < -0.3 is 25.8 Å². The number of fused-ring (bicyclic) bond motifs is 1. The maximum Gasteiger partial charge on any atom is 0.231 e. The van der Waals surface area contributed by atoms with E-state index >= 15 is 0 Å². The summed E-state index contributed by atoms with van der Waals surface area (Å²) in [6.07, 6.45) is 0.890. The first kappa shape index (κ1) is 10.7. The van der Waals surface area contributed by atoms with Crippen LogP contribution in [0.25, 0.3) is 0 Å². The maximum absolute atomic E-state index is 5.99. The van der Waals surface area contributed by atoms with Crippen LogP contribution in [0, 0.1) is 0 Å². The summed E-state index contributed by atoms with van der Waals surface area (Å²) < 4.78 is 10.7. The molecule has 4 N–H and O–H groups in total. The van der Waals surface area contributed by atoms with Gasteiger partial charge in [0.1, 0.15) is 0 Å². The third-order valence-electron chi connectivity index (χ3n) is 3.24. The topological polar surface area (TPSA) is 73.7 Å². The smallest absolute Gasteiger partial charge is 0.231 e. The molecule has 92 valence electrons. The lowest BCUT2D eigenvalue weighted by atomic mass is 10.0. The van der Waals surface area contributed by atoms with Crippen molar-refractivity contribution in [2.45, 2.75) is 18.5 Å². The molecule has 5 heteroatoms. The summed E-state index contributed by atoms with van der Waals surface area (Å²) in [5.41, 5.74) is 13.1. The highest BCUT2D eigenvalue weighted by molar-refractivity contribution is 5.57. The van der Waals surface area contributed by atoms with Crippen molar-refractivity contribution in [2.24, 2.45) is 11.5 Å². The fourth-order valence-corrected chi connectivity index (χ4v) is 2.47. The molecule has 1 aromatic rings. The predicted molar refractivity (Wildman–Crippen MR) is 65.3 cm³/mol. The van der Waals surface area contributed by atoms with Crippen molar-refractivity contribution in [1.82, 2.24) is 0 Å². The highest BCUT2D eigenvalue weighted by Gasteiger charge is 2.24. The number of ether oxygens (including phenoxy) is 2. The molecule has 0 spiro atoms. The summed E-state index contributed by atoms with van der Waals surface area (Å²) in [5.74, 6) is 1.61. The van der Waals surface area contributed by atoms with Crippen molar-refractivity contribution >= 4 is 5.69 Å². The van der Waals surface area contributed by atoms with Crippen molar-refractivity contribution in [3.8, 4) is 11.5 Å². The molecule has 2 atom stereocenters. The Morgan fingerprint density at radius 1 is 1.06 bits per heavy atom. The van der Waals surface area contributed by atoms with E-state index in [1.165, 1.54) is 0 Å². The zero-order chi connectivity index (χ0) is 11.8. The van der Waals surface area contributed by atoms with Crippen LogP contribution in [0.2, 0.25) is 0 Å². The number of hydrogen-bond acceptors (Lipinski definition) is 5. The molecule has 0 aliphatic carbocycles. The molecule has 2 aliphatic heterocycles. The zero-order valence-electron chi connectivity index (χ0n) is 9.63. The molecule has 3 rings (SSSR count). The van der Waals surface area contributed by atoms with Crippen molar-refractivity contribution in [3.63, 3.8) is 0 Å². The summed E-state index contributed by atoms with van der Waals surface area (Å²) in [6.45, 7) is 1.98. The standard InChI is InChI=1S/C12H17N3O2/c13-8-3-9(14)6-15(5-8)10-1-2-11-12(4-10)17-7-16-11/h1-2,4,8-9H,3,5-7,13-14H2.